The number of carbonyl (C=O) groups excluding carboxylic acids is 4. The summed E-state index contributed by atoms with van der Waals surface area (Å²) in [5.74, 6) is -1.08. The number of carbonyl (C=O) groups is 4. The van der Waals surface area contributed by atoms with Gasteiger partial charge in [-0.3, -0.25) is 14.4 Å². The maximum Gasteiger partial charge on any atom is 0.408 e. The molecule has 0 aliphatic heterocycles. The van der Waals surface area contributed by atoms with E-state index < -0.39 is 41.6 Å². The van der Waals surface area contributed by atoms with Crippen molar-refractivity contribution in [1.82, 2.24) is 15.5 Å². The van der Waals surface area contributed by atoms with E-state index in [1.165, 1.54) is 35.9 Å². The molecule has 0 fully saturated rings. The van der Waals surface area contributed by atoms with Gasteiger partial charge in [-0.25, -0.2) is 4.79 Å². The monoisotopic (exact) mass is 525 g/mol. The van der Waals surface area contributed by atoms with E-state index >= 15 is 0 Å². The Morgan fingerprint density at radius 3 is 2.31 bits per heavy atom. The molecule has 0 saturated carbocycles. The Morgan fingerprint density at radius 2 is 1.78 bits per heavy atom. The zero-order chi connectivity index (χ0) is 27.3. The SMILES string of the molecule is CCCCN(C(=O)C(CCSC)NC(=O)OC(C)(C)C)C(C(=O)NCC(=O)OC)c1ccc(O)cc1. The van der Waals surface area contributed by atoms with Crippen LogP contribution in [0.25, 0.3) is 0 Å². The van der Waals surface area contributed by atoms with Crippen molar-refractivity contribution in [2.45, 2.75) is 64.6 Å². The molecule has 1 aromatic rings. The minimum Gasteiger partial charge on any atom is -0.508 e. The Labute approximate surface area is 217 Å². The van der Waals surface area contributed by atoms with E-state index in [2.05, 4.69) is 15.4 Å². The number of rotatable bonds is 13. The first kappa shape index (κ1) is 31.1. The number of phenols is 1. The van der Waals surface area contributed by atoms with Gasteiger partial charge < -0.3 is 30.1 Å². The van der Waals surface area contributed by atoms with E-state index in [1.54, 1.807) is 32.9 Å². The van der Waals surface area contributed by atoms with Crippen LogP contribution >= 0.6 is 11.8 Å². The third-order valence-electron chi connectivity index (χ3n) is 5.04. The number of aromatic hydroxyl groups is 1. The molecule has 0 radical (unpaired) electrons. The second kappa shape index (κ2) is 15.2. The van der Waals surface area contributed by atoms with Crippen LogP contribution in [0.4, 0.5) is 4.79 Å². The van der Waals surface area contributed by atoms with Crippen LogP contribution in [0.1, 0.15) is 58.6 Å². The quantitative estimate of drug-likeness (QED) is 0.335. The number of amides is 3. The van der Waals surface area contributed by atoms with Gasteiger partial charge in [-0.15, -0.1) is 0 Å². The van der Waals surface area contributed by atoms with E-state index in [0.717, 1.165) is 6.42 Å². The van der Waals surface area contributed by atoms with Crippen LogP contribution in [0.5, 0.6) is 5.75 Å². The smallest absolute Gasteiger partial charge is 0.408 e. The highest BCUT2D eigenvalue weighted by Gasteiger charge is 2.36. The maximum atomic E-state index is 13.9. The molecule has 10 nitrogen and oxygen atoms in total. The molecule has 0 aliphatic carbocycles. The highest BCUT2D eigenvalue weighted by molar-refractivity contribution is 7.98. The minimum absolute atomic E-state index is 0.00310. The van der Waals surface area contributed by atoms with Gasteiger partial charge in [-0.05, 0) is 63.3 Å². The molecule has 0 spiro atoms. The number of benzene rings is 1. The predicted molar refractivity (Wildman–Crippen MR) is 139 cm³/mol. The summed E-state index contributed by atoms with van der Waals surface area (Å²) in [5.41, 5.74) is -0.304. The summed E-state index contributed by atoms with van der Waals surface area (Å²) in [7, 11) is 1.21. The number of phenolic OH excluding ortho intramolecular Hbond substituents is 1. The number of unbranched alkanes of at least 4 members (excludes halogenated alkanes) is 1. The second-order valence-electron chi connectivity index (χ2n) is 9.15. The van der Waals surface area contributed by atoms with Crippen molar-refractivity contribution in [2.75, 3.05) is 32.2 Å². The lowest BCUT2D eigenvalue weighted by Crippen LogP contribution is -2.53. The van der Waals surface area contributed by atoms with Crippen molar-refractivity contribution in [1.29, 1.82) is 0 Å². The average Bonchev–Trinajstić information content (AvgIpc) is 2.81. The van der Waals surface area contributed by atoms with Crippen molar-refractivity contribution < 1.29 is 33.8 Å². The van der Waals surface area contributed by atoms with E-state index in [0.29, 0.717) is 24.2 Å². The molecule has 0 heterocycles. The first-order chi connectivity index (χ1) is 16.9. The zero-order valence-electron chi connectivity index (χ0n) is 22.0. The van der Waals surface area contributed by atoms with Gasteiger partial charge in [0.15, 0.2) is 0 Å². The number of hydrogen-bond donors (Lipinski definition) is 3. The van der Waals surface area contributed by atoms with Crippen LogP contribution in [0.15, 0.2) is 24.3 Å². The Hall–Kier alpha value is -2.95. The number of hydrogen-bond acceptors (Lipinski definition) is 8. The number of thioether (sulfide) groups is 1. The van der Waals surface area contributed by atoms with Gasteiger partial charge in [0, 0.05) is 6.54 Å². The third-order valence-corrected chi connectivity index (χ3v) is 5.68. The fraction of sp³-hybridized carbons (Fsp3) is 0.600. The zero-order valence-corrected chi connectivity index (χ0v) is 22.8. The van der Waals surface area contributed by atoms with Crippen LogP contribution in [-0.2, 0) is 23.9 Å². The molecule has 0 aromatic heterocycles. The number of methoxy groups -OCH3 is 1. The normalized spacial score (nSPS) is 12.7. The molecule has 3 N–H and O–H groups in total. The van der Waals surface area contributed by atoms with Gasteiger partial charge in [0.1, 0.15) is 30.0 Å². The molecule has 0 aliphatic rings. The summed E-state index contributed by atoms with van der Waals surface area (Å²) >= 11 is 1.52. The topological polar surface area (TPSA) is 134 Å². The van der Waals surface area contributed by atoms with Gasteiger partial charge in [-0.1, -0.05) is 25.5 Å². The summed E-state index contributed by atoms with van der Waals surface area (Å²) in [6, 6.07) is 3.89. The van der Waals surface area contributed by atoms with Crippen molar-refractivity contribution in [2.24, 2.45) is 0 Å². The van der Waals surface area contributed by atoms with Gasteiger partial charge in [0.2, 0.25) is 11.8 Å². The largest absolute Gasteiger partial charge is 0.508 e. The fourth-order valence-electron chi connectivity index (χ4n) is 3.30. The lowest BCUT2D eigenvalue weighted by atomic mass is 10.0. The molecule has 11 heteroatoms. The number of nitrogens with zero attached hydrogens (tertiary/aromatic N) is 1. The number of nitrogens with one attached hydrogen (secondary N) is 2. The lowest BCUT2D eigenvalue weighted by Gasteiger charge is -2.34. The number of alkyl carbamates (subject to hydrolysis) is 1. The highest BCUT2D eigenvalue weighted by atomic mass is 32.2. The fourth-order valence-corrected chi connectivity index (χ4v) is 3.77. The molecule has 36 heavy (non-hydrogen) atoms. The number of ether oxygens (including phenoxy) is 2. The summed E-state index contributed by atoms with van der Waals surface area (Å²) in [5, 5.41) is 14.9. The van der Waals surface area contributed by atoms with Crippen LogP contribution < -0.4 is 10.6 Å². The van der Waals surface area contributed by atoms with Crippen molar-refractivity contribution in [3.63, 3.8) is 0 Å². The van der Waals surface area contributed by atoms with Crippen molar-refractivity contribution in [3.05, 3.63) is 29.8 Å². The van der Waals surface area contributed by atoms with Gasteiger partial charge >= 0.3 is 12.1 Å². The summed E-state index contributed by atoms with van der Waals surface area (Å²) < 4.78 is 9.97. The van der Waals surface area contributed by atoms with Gasteiger partial charge in [0.25, 0.3) is 0 Å². The predicted octanol–water partition coefficient (Wildman–Crippen LogP) is 3.00. The molecule has 0 bridgehead atoms. The summed E-state index contributed by atoms with van der Waals surface area (Å²) in [4.78, 5) is 52.8. The van der Waals surface area contributed by atoms with Crippen LogP contribution in [-0.4, -0.2) is 77.7 Å². The van der Waals surface area contributed by atoms with Crippen LogP contribution in [0.3, 0.4) is 0 Å². The lowest BCUT2D eigenvalue weighted by molar-refractivity contribution is -0.144. The Balaban J connectivity index is 3.40. The van der Waals surface area contributed by atoms with E-state index in [1.807, 2.05) is 13.2 Å². The molecular weight excluding hydrogens is 486 g/mol. The Morgan fingerprint density at radius 1 is 1.14 bits per heavy atom. The Bertz CT molecular complexity index is 871. The molecule has 1 aromatic carbocycles. The highest BCUT2D eigenvalue weighted by Crippen LogP contribution is 2.25. The van der Waals surface area contributed by atoms with Crippen molar-refractivity contribution >= 4 is 35.6 Å². The molecule has 2 unspecified atom stereocenters. The molecule has 3 amide bonds. The first-order valence-corrected chi connectivity index (χ1v) is 13.2. The first-order valence-electron chi connectivity index (χ1n) is 11.9. The standard InChI is InChI=1S/C25H39N3O7S/c1-7-8-14-28(23(32)19(13-15-36-6)27-24(33)35-25(2,3)4)21(17-9-11-18(29)12-10-17)22(31)26-16-20(30)34-5/h9-12,19,21,29H,7-8,13-16H2,1-6H3,(H,26,31)(H,27,33). The maximum absolute atomic E-state index is 13.9. The second-order valence-corrected chi connectivity index (χ2v) is 10.1. The van der Waals surface area contributed by atoms with Crippen LogP contribution in [0, 0.1) is 0 Å². The minimum atomic E-state index is -1.11. The number of esters is 1. The molecule has 2 atom stereocenters. The third kappa shape index (κ3) is 10.8. The van der Waals surface area contributed by atoms with Crippen LogP contribution in [0.2, 0.25) is 0 Å². The summed E-state index contributed by atoms with van der Waals surface area (Å²) in [6.07, 6.45) is 2.85. The molecule has 0 saturated heterocycles. The molecular formula is C25H39N3O7S. The van der Waals surface area contributed by atoms with E-state index in [4.69, 9.17) is 4.74 Å². The van der Waals surface area contributed by atoms with E-state index in [-0.39, 0.29) is 18.8 Å². The summed E-state index contributed by atoms with van der Waals surface area (Å²) in [6.45, 7) is 7.01. The molecule has 1 rings (SSSR count). The average molecular weight is 526 g/mol. The molecule has 202 valence electrons. The van der Waals surface area contributed by atoms with Crippen molar-refractivity contribution in [3.8, 4) is 5.75 Å². The van der Waals surface area contributed by atoms with E-state index in [9.17, 15) is 24.3 Å². The Kier molecular flexibility index (Phi) is 13.1. The van der Waals surface area contributed by atoms with Gasteiger partial charge in [0.05, 0.1) is 7.11 Å². The van der Waals surface area contributed by atoms with Gasteiger partial charge in [-0.2, -0.15) is 11.8 Å².